The Morgan fingerprint density at radius 1 is 1.33 bits per heavy atom. The van der Waals surface area contributed by atoms with Crippen molar-refractivity contribution in [3.05, 3.63) is 42.0 Å². The molecule has 1 aromatic carbocycles. The normalized spacial score (nSPS) is 10.5. The number of halogens is 1. The van der Waals surface area contributed by atoms with Crippen molar-refractivity contribution in [2.24, 2.45) is 5.73 Å². The van der Waals surface area contributed by atoms with Gasteiger partial charge in [-0.2, -0.15) is 0 Å². The molecule has 0 bridgehead atoms. The van der Waals surface area contributed by atoms with Gasteiger partial charge in [0.15, 0.2) is 0 Å². The zero-order chi connectivity index (χ0) is 19.8. The third-order valence-corrected chi connectivity index (χ3v) is 3.72. The highest BCUT2D eigenvalue weighted by atomic mass is 19.1. The Morgan fingerprint density at radius 3 is 2.67 bits per heavy atom. The van der Waals surface area contributed by atoms with E-state index in [4.69, 9.17) is 20.6 Å². The van der Waals surface area contributed by atoms with Crippen LogP contribution in [-0.4, -0.2) is 49.1 Å². The summed E-state index contributed by atoms with van der Waals surface area (Å²) in [5.74, 6) is -0.997. The van der Waals surface area contributed by atoms with E-state index in [1.807, 2.05) is 11.9 Å². The summed E-state index contributed by atoms with van der Waals surface area (Å²) in [5.41, 5.74) is 6.16. The van der Waals surface area contributed by atoms with Crippen LogP contribution in [0.4, 0.5) is 10.3 Å². The number of likely N-dealkylation sites (N-methyl/N-ethyl adjacent to an activating group) is 1. The molecular formula is C18H22FN5O3. The van der Waals surface area contributed by atoms with Gasteiger partial charge in [0.1, 0.15) is 24.7 Å². The van der Waals surface area contributed by atoms with Crippen molar-refractivity contribution >= 4 is 17.8 Å². The van der Waals surface area contributed by atoms with Crippen molar-refractivity contribution in [2.45, 2.75) is 13.0 Å². The Morgan fingerprint density at radius 2 is 2.04 bits per heavy atom. The number of rotatable bonds is 9. The van der Waals surface area contributed by atoms with E-state index >= 15 is 0 Å². The average Bonchev–Trinajstić information content (AvgIpc) is 2.65. The van der Waals surface area contributed by atoms with Gasteiger partial charge in [-0.15, -0.1) is 0 Å². The smallest absolute Gasteiger partial charge is 0.313 e. The lowest BCUT2D eigenvalue weighted by molar-refractivity contribution is -0.143. The van der Waals surface area contributed by atoms with Crippen LogP contribution in [0.15, 0.2) is 30.6 Å². The number of ether oxygens (including phenoxy) is 2. The Hall–Kier alpha value is -3.07. The molecule has 0 spiro atoms. The molecule has 0 fully saturated rings. The fourth-order valence-electron chi connectivity index (χ4n) is 2.26. The molecule has 3 N–H and O–H groups in total. The molecule has 27 heavy (non-hydrogen) atoms. The lowest BCUT2D eigenvalue weighted by atomic mass is 10.1. The summed E-state index contributed by atoms with van der Waals surface area (Å²) in [4.78, 5) is 21.8. The van der Waals surface area contributed by atoms with E-state index in [9.17, 15) is 9.18 Å². The quantitative estimate of drug-likeness (QED) is 0.390. The van der Waals surface area contributed by atoms with E-state index in [1.54, 1.807) is 19.2 Å². The predicted molar refractivity (Wildman–Crippen MR) is 98.9 cm³/mol. The van der Waals surface area contributed by atoms with Gasteiger partial charge in [0, 0.05) is 49.8 Å². The maximum Gasteiger partial charge on any atom is 0.313 e. The third kappa shape index (κ3) is 5.71. The number of benzene rings is 1. The fourth-order valence-corrected chi connectivity index (χ4v) is 2.26. The fraction of sp³-hybridized carbons (Fsp3) is 0.333. The molecule has 144 valence electrons. The van der Waals surface area contributed by atoms with E-state index in [0.29, 0.717) is 30.2 Å². The van der Waals surface area contributed by atoms with Gasteiger partial charge in [0.2, 0.25) is 5.95 Å². The molecule has 0 amide bonds. The van der Waals surface area contributed by atoms with Crippen LogP contribution in [0.5, 0.6) is 0 Å². The van der Waals surface area contributed by atoms with E-state index in [1.165, 1.54) is 18.5 Å². The number of methoxy groups -OCH3 is 1. The van der Waals surface area contributed by atoms with Crippen LogP contribution < -0.4 is 10.6 Å². The first-order chi connectivity index (χ1) is 12.9. The molecule has 0 aliphatic heterocycles. The minimum atomic E-state index is -0.681. The van der Waals surface area contributed by atoms with Crippen molar-refractivity contribution in [3.8, 4) is 11.1 Å². The molecule has 0 aliphatic carbocycles. The first-order valence-corrected chi connectivity index (χ1v) is 8.20. The summed E-state index contributed by atoms with van der Waals surface area (Å²) in [5, 5.41) is 7.06. The SMILES string of the molecule is COCCN(C)c1ncc(-c2cccc(COC(=O)CC(=N)N)c2F)cn1. The molecule has 0 atom stereocenters. The molecule has 0 aliphatic rings. The molecule has 8 nitrogen and oxygen atoms in total. The zero-order valence-corrected chi connectivity index (χ0v) is 15.2. The molecule has 0 saturated carbocycles. The molecule has 0 radical (unpaired) electrons. The highest BCUT2D eigenvalue weighted by molar-refractivity contribution is 5.94. The van der Waals surface area contributed by atoms with Crippen molar-refractivity contribution < 1.29 is 18.7 Å². The van der Waals surface area contributed by atoms with Crippen LogP contribution in [0, 0.1) is 11.2 Å². The number of hydrogen-bond acceptors (Lipinski definition) is 7. The monoisotopic (exact) mass is 375 g/mol. The molecule has 1 aromatic heterocycles. The molecule has 2 aromatic rings. The first-order valence-electron chi connectivity index (χ1n) is 8.20. The van der Waals surface area contributed by atoms with Gasteiger partial charge in [-0.1, -0.05) is 18.2 Å². The number of carbonyl (C=O) groups excluding carboxylic acids is 1. The van der Waals surface area contributed by atoms with Gasteiger partial charge in [0.25, 0.3) is 0 Å². The average molecular weight is 375 g/mol. The van der Waals surface area contributed by atoms with Gasteiger partial charge in [-0.05, 0) is 0 Å². The molecule has 1 heterocycles. The van der Waals surface area contributed by atoms with Crippen LogP contribution in [0.25, 0.3) is 11.1 Å². The van der Waals surface area contributed by atoms with E-state index < -0.39 is 11.8 Å². The van der Waals surface area contributed by atoms with Crippen LogP contribution >= 0.6 is 0 Å². The van der Waals surface area contributed by atoms with Crippen molar-refractivity contribution in [2.75, 3.05) is 32.2 Å². The Bertz CT molecular complexity index is 798. The Labute approximate surface area is 156 Å². The Balaban J connectivity index is 2.12. The maximum absolute atomic E-state index is 14.8. The van der Waals surface area contributed by atoms with E-state index in [-0.39, 0.29) is 24.4 Å². The molecule has 9 heteroatoms. The summed E-state index contributed by atoms with van der Waals surface area (Å²) in [6.45, 7) is 0.927. The minimum absolute atomic E-state index is 0.214. The number of aromatic nitrogens is 2. The van der Waals surface area contributed by atoms with Crippen molar-refractivity contribution in [1.82, 2.24) is 9.97 Å². The second kappa shape index (κ2) is 9.58. The highest BCUT2D eigenvalue weighted by Crippen LogP contribution is 2.25. The second-order valence-electron chi connectivity index (χ2n) is 5.83. The molecule has 0 saturated heterocycles. The van der Waals surface area contributed by atoms with Crippen LogP contribution in [0.1, 0.15) is 12.0 Å². The van der Waals surface area contributed by atoms with Gasteiger partial charge >= 0.3 is 5.97 Å². The number of nitrogens with zero attached hydrogens (tertiary/aromatic N) is 3. The lowest BCUT2D eigenvalue weighted by Gasteiger charge is -2.16. The number of nitrogens with one attached hydrogen (secondary N) is 1. The van der Waals surface area contributed by atoms with Crippen molar-refractivity contribution in [3.63, 3.8) is 0 Å². The minimum Gasteiger partial charge on any atom is -0.460 e. The molecule has 2 rings (SSSR count). The lowest BCUT2D eigenvalue weighted by Crippen LogP contribution is -2.23. The third-order valence-electron chi connectivity index (χ3n) is 3.72. The number of esters is 1. The van der Waals surface area contributed by atoms with Gasteiger partial charge in [-0.3, -0.25) is 10.2 Å². The summed E-state index contributed by atoms with van der Waals surface area (Å²) in [6.07, 6.45) is 2.75. The maximum atomic E-state index is 14.8. The number of amidine groups is 1. The summed E-state index contributed by atoms with van der Waals surface area (Å²) < 4.78 is 24.7. The zero-order valence-electron chi connectivity index (χ0n) is 15.2. The van der Waals surface area contributed by atoms with Crippen LogP contribution in [-0.2, 0) is 20.9 Å². The van der Waals surface area contributed by atoms with E-state index in [0.717, 1.165) is 0 Å². The predicted octanol–water partition coefficient (Wildman–Crippen LogP) is 1.73. The van der Waals surface area contributed by atoms with Crippen LogP contribution in [0.2, 0.25) is 0 Å². The summed E-state index contributed by atoms with van der Waals surface area (Å²) >= 11 is 0. The number of carbonyl (C=O) groups is 1. The largest absolute Gasteiger partial charge is 0.460 e. The summed E-state index contributed by atoms with van der Waals surface area (Å²) in [7, 11) is 3.45. The Kier molecular flexibility index (Phi) is 7.18. The standard InChI is InChI=1S/C18H22FN5O3/c1-24(6-7-26-2)18-22-9-13(10-23-18)14-5-3-4-12(17(14)19)11-27-16(25)8-15(20)21/h3-5,9-10H,6-8,11H2,1-2H3,(H3,20,21). The molecule has 0 unspecified atom stereocenters. The number of hydrogen-bond donors (Lipinski definition) is 2. The van der Waals surface area contributed by atoms with Crippen LogP contribution in [0.3, 0.4) is 0 Å². The first kappa shape index (κ1) is 20.2. The number of anilines is 1. The number of nitrogens with two attached hydrogens (primary N) is 1. The highest BCUT2D eigenvalue weighted by Gasteiger charge is 2.14. The van der Waals surface area contributed by atoms with Gasteiger partial charge in [-0.25, -0.2) is 14.4 Å². The van der Waals surface area contributed by atoms with E-state index in [2.05, 4.69) is 9.97 Å². The summed E-state index contributed by atoms with van der Waals surface area (Å²) in [6, 6.07) is 4.78. The second-order valence-corrected chi connectivity index (χ2v) is 5.83. The van der Waals surface area contributed by atoms with Gasteiger partial charge < -0.3 is 20.1 Å². The van der Waals surface area contributed by atoms with Crippen molar-refractivity contribution in [1.29, 1.82) is 5.41 Å². The van der Waals surface area contributed by atoms with Gasteiger partial charge in [0.05, 0.1) is 6.61 Å². The topological polar surface area (TPSA) is 114 Å². The molecular weight excluding hydrogens is 353 g/mol.